The maximum atomic E-state index is 12.4. The van der Waals surface area contributed by atoms with E-state index in [4.69, 9.17) is 0 Å². The molecule has 0 aromatic heterocycles. The fraction of sp³-hybridized carbons (Fsp3) is 0.333. The predicted molar refractivity (Wildman–Crippen MR) is 105 cm³/mol. The highest BCUT2D eigenvalue weighted by Crippen LogP contribution is 2.28. The van der Waals surface area contributed by atoms with Gasteiger partial charge in [0.25, 0.3) is 5.91 Å². The number of amides is 2. The van der Waals surface area contributed by atoms with Crippen molar-refractivity contribution in [2.45, 2.75) is 40.0 Å². The van der Waals surface area contributed by atoms with E-state index in [9.17, 15) is 14.7 Å². The highest BCUT2D eigenvalue weighted by atomic mass is 16.3. The van der Waals surface area contributed by atoms with Crippen LogP contribution >= 0.6 is 0 Å². The monoisotopic (exact) mass is 354 g/mol. The van der Waals surface area contributed by atoms with Crippen molar-refractivity contribution in [2.75, 3.05) is 10.6 Å². The first-order valence-electron chi connectivity index (χ1n) is 8.63. The lowest BCUT2D eigenvalue weighted by atomic mass is 9.87. The van der Waals surface area contributed by atoms with Gasteiger partial charge in [0.15, 0.2) is 0 Å². The van der Waals surface area contributed by atoms with Crippen molar-refractivity contribution in [3.63, 3.8) is 0 Å². The van der Waals surface area contributed by atoms with Gasteiger partial charge in [0.05, 0.1) is 5.69 Å². The Hall–Kier alpha value is -2.82. The lowest BCUT2D eigenvalue weighted by molar-refractivity contribution is -0.118. The Bertz CT molecular complexity index is 803. The Morgan fingerprint density at radius 3 is 2.08 bits per heavy atom. The second-order valence-corrected chi connectivity index (χ2v) is 7.66. The van der Waals surface area contributed by atoms with E-state index in [-0.39, 0.29) is 34.6 Å². The lowest BCUT2D eigenvalue weighted by Crippen LogP contribution is -2.18. The first-order valence-corrected chi connectivity index (χ1v) is 8.63. The van der Waals surface area contributed by atoms with Crippen LogP contribution in [0.1, 0.15) is 50.5 Å². The third kappa shape index (κ3) is 4.85. The molecule has 0 unspecified atom stereocenters. The van der Waals surface area contributed by atoms with Gasteiger partial charge in [-0.3, -0.25) is 9.59 Å². The number of phenolic OH excluding ortho intramolecular Hbond substituents is 1. The second kappa shape index (κ2) is 7.60. The standard InChI is InChI=1S/C21H26N2O3/c1-13(2)19(25)22-16-10-11-17(18(24)12-16)23-20(26)14-6-8-15(9-7-14)21(3,4)5/h6-13,24H,1-5H3,(H,22,25)(H,23,26). The van der Waals surface area contributed by atoms with Crippen molar-refractivity contribution in [2.24, 2.45) is 5.92 Å². The largest absolute Gasteiger partial charge is 0.506 e. The van der Waals surface area contributed by atoms with E-state index in [1.165, 1.54) is 6.07 Å². The van der Waals surface area contributed by atoms with Gasteiger partial charge in [-0.15, -0.1) is 0 Å². The first kappa shape index (κ1) is 19.5. The Balaban J connectivity index is 2.10. The molecule has 0 aliphatic carbocycles. The van der Waals surface area contributed by atoms with Crippen LogP contribution in [0, 0.1) is 5.92 Å². The van der Waals surface area contributed by atoms with Gasteiger partial charge in [-0.05, 0) is 35.2 Å². The molecule has 2 aromatic rings. The van der Waals surface area contributed by atoms with E-state index in [0.29, 0.717) is 11.3 Å². The zero-order valence-electron chi connectivity index (χ0n) is 15.9. The Labute approximate surface area is 154 Å². The summed E-state index contributed by atoms with van der Waals surface area (Å²) in [7, 11) is 0. The molecule has 0 saturated carbocycles. The first-order chi connectivity index (χ1) is 12.1. The van der Waals surface area contributed by atoms with Gasteiger partial charge in [0.2, 0.25) is 5.91 Å². The van der Waals surface area contributed by atoms with Crippen molar-refractivity contribution in [3.05, 3.63) is 53.6 Å². The van der Waals surface area contributed by atoms with Crippen LogP contribution in [0.5, 0.6) is 5.75 Å². The third-order valence-corrected chi connectivity index (χ3v) is 4.05. The molecule has 2 rings (SSSR count). The van der Waals surface area contributed by atoms with Gasteiger partial charge < -0.3 is 15.7 Å². The van der Waals surface area contributed by atoms with Crippen LogP contribution < -0.4 is 10.6 Å². The van der Waals surface area contributed by atoms with Crippen LogP contribution in [0.15, 0.2) is 42.5 Å². The summed E-state index contributed by atoms with van der Waals surface area (Å²) in [5, 5.41) is 15.5. The number of nitrogens with one attached hydrogen (secondary N) is 2. The average Bonchev–Trinajstić information content (AvgIpc) is 2.56. The third-order valence-electron chi connectivity index (χ3n) is 4.05. The molecule has 3 N–H and O–H groups in total. The van der Waals surface area contributed by atoms with Crippen molar-refractivity contribution < 1.29 is 14.7 Å². The number of benzene rings is 2. The molecule has 0 fully saturated rings. The molecule has 2 aromatic carbocycles. The van der Waals surface area contributed by atoms with Crippen LogP contribution in [-0.2, 0) is 10.2 Å². The summed E-state index contributed by atoms with van der Waals surface area (Å²) in [5.41, 5.74) is 2.44. The summed E-state index contributed by atoms with van der Waals surface area (Å²) in [5.74, 6) is -0.710. The van der Waals surface area contributed by atoms with Crippen LogP contribution in [0.3, 0.4) is 0 Å². The van der Waals surface area contributed by atoms with E-state index in [0.717, 1.165) is 5.56 Å². The average molecular weight is 354 g/mol. The zero-order valence-corrected chi connectivity index (χ0v) is 15.9. The van der Waals surface area contributed by atoms with Crippen LogP contribution in [0.25, 0.3) is 0 Å². The van der Waals surface area contributed by atoms with Gasteiger partial charge in [0.1, 0.15) is 5.75 Å². The Kier molecular flexibility index (Phi) is 5.70. The molecule has 2 amide bonds. The molecule has 0 heterocycles. The molecule has 0 spiro atoms. The van der Waals surface area contributed by atoms with Crippen LogP contribution in [0.2, 0.25) is 0 Å². The molecule has 0 atom stereocenters. The zero-order chi connectivity index (χ0) is 19.5. The normalized spacial score (nSPS) is 11.3. The molecule has 0 bridgehead atoms. The number of rotatable bonds is 4. The molecule has 138 valence electrons. The SMILES string of the molecule is CC(C)C(=O)Nc1ccc(NC(=O)c2ccc(C(C)(C)C)cc2)c(O)c1. The number of hydrogen-bond donors (Lipinski definition) is 3. The van der Waals surface area contributed by atoms with Gasteiger partial charge in [-0.1, -0.05) is 46.8 Å². The topological polar surface area (TPSA) is 78.4 Å². The maximum Gasteiger partial charge on any atom is 0.255 e. The van der Waals surface area contributed by atoms with Gasteiger partial charge in [0, 0.05) is 23.2 Å². The minimum absolute atomic E-state index is 0.0174. The van der Waals surface area contributed by atoms with Gasteiger partial charge >= 0.3 is 0 Å². The molecule has 0 saturated heterocycles. The molecule has 0 aliphatic rings. The van der Waals surface area contributed by atoms with Crippen molar-refractivity contribution in [1.82, 2.24) is 0 Å². The van der Waals surface area contributed by atoms with Crippen LogP contribution in [0.4, 0.5) is 11.4 Å². The number of aromatic hydroxyl groups is 1. The Morgan fingerprint density at radius 2 is 1.58 bits per heavy atom. The summed E-state index contributed by atoms with van der Waals surface area (Å²) in [6.07, 6.45) is 0. The highest BCUT2D eigenvalue weighted by Gasteiger charge is 2.15. The van der Waals surface area contributed by atoms with E-state index >= 15 is 0 Å². The number of hydrogen-bond acceptors (Lipinski definition) is 3. The summed E-state index contributed by atoms with van der Waals surface area (Å²) in [6.45, 7) is 9.91. The molecular weight excluding hydrogens is 328 g/mol. The molecule has 5 heteroatoms. The molecule has 0 radical (unpaired) electrons. The highest BCUT2D eigenvalue weighted by molar-refractivity contribution is 6.05. The summed E-state index contributed by atoms with van der Waals surface area (Å²) in [6, 6.07) is 12.0. The molecule has 0 aliphatic heterocycles. The van der Waals surface area contributed by atoms with Gasteiger partial charge in [-0.25, -0.2) is 0 Å². The van der Waals surface area contributed by atoms with Crippen molar-refractivity contribution >= 4 is 23.2 Å². The Morgan fingerprint density at radius 1 is 0.962 bits per heavy atom. The summed E-state index contributed by atoms with van der Waals surface area (Å²) in [4.78, 5) is 24.1. The lowest BCUT2D eigenvalue weighted by Gasteiger charge is -2.19. The predicted octanol–water partition coefficient (Wildman–Crippen LogP) is 4.54. The van der Waals surface area contributed by atoms with Crippen molar-refractivity contribution in [1.29, 1.82) is 0 Å². The number of phenols is 1. The minimum Gasteiger partial charge on any atom is -0.506 e. The summed E-state index contributed by atoms with van der Waals surface area (Å²) >= 11 is 0. The van der Waals surface area contributed by atoms with Crippen LogP contribution in [-0.4, -0.2) is 16.9 Å². The smallest absolute Gasteiger partial charge is 0.255 e. The van der Waals surface area contributed by atoms with E-state index in [2.05, 4.69) is 31.4 Å². The van der Waals surface area contributed by atoms with Crippen molar-refractivity contribution in [3.8, 4) is 5.75 Å². The minimum atomic E-state index is -0.306. The van der Waals surface area contributed by atoms with Gasteiger partial charge in [-0.2, -0.15) is 0 Å². The summed E-state index contributed by atoms with van der Waals surface area (Å²) < 4.78 is 0. The number of carbonyl (C=O) groups is 2. The van der Waals surface area contributed by atoms with E-state index in [1.807, 2.05) is 12.1 Å². The second-order valence-electron chi connectivity index (χ2n) is 7.66. The number of anilines is 2. The fourth-order valence-electron chi connectivity index (χ4n) is 2.32. The van der Waals surface area contributed by atoms with E-state index < -0.39 is 0 Å². The molecular formula is C21H26N2O3. The fourth-order valence-corrected chi connectivity index (χ4v) is 2.32. The number of carbonyl (C=O) groups excluding carboxylic acids is 2. The maximum absolute atomic E-state index is 12.4. The molecule has 26 heavy (non-hydrogen) atoms. The quantitative estimate of drug-likeness (QED) is 0.706. The molecule has 5 nitrogen and oxygen atoms in total. The van der Waals surface area contributed by atoms with E-state index in [1.54, 1.807) is 38.1 Å².